The summed E-state index contributed by atoms with van der Waals surface area (Å²) in [5, 5.41) is 7.28. The molecule has 1 amide bonds. The van der Waals surface area contributed by atoms with E-state index in [-0.39, 0.29) is 11.9 Å². The number of carbonyl (C=O) groups is 1. The highest BCUT2D eigenvalue weighted by atomic mass is 16.2. The lowest BCUT2D eigenvalue weighted by Crippen LogP contribution is -2.27. The Bertz CT molecular complexity index is 845. The number of carbonyl (C=O) groups excluding carboxylic acids is 1. The van der Waals surface area contributed by atoms with E-state index in [0.717, 1.165) is 22.5 Å². The van der Waals surface area contributed by atoms with Crippen LogP contribution in [0.2, 0.25) is 0 Å². The molecule has 0 fully saturated rings. The molecule has 0 aliphatic heterocycles. The number of aryl methyl sites for hydroxylation is 3. The summed E-state index contributed by atoms with van der Waals surface area (Å²) in [6, 6.07) is 3.80. The zero-order chi connectivity index (χ0) is 15.9. The topological polar surface area (TPSA) is 64.2 Å². The Balaban J connectivity index is 1.84. The molecule has 3 heterocycles. The Morgan fingerprint density at radius 1 is 1.32 bits per heavy atom. The molecular formula is C16H19N5O. The molecule has 1 N–H and O–H groups in total. The van der Waals surface area contributed by atoms with Gasteiger partial charge in [-0.05, 0) is 32.4 Å². The number of nitrogens with zero attached hydrogens (tertiary/aromatic N) is 4. The van der Waals surface area contributed by atoms with E-state index in [2.05, 4.69) is 15.4 Å². The van der Waals surface area contributed by atoms with E-state index in [0.29, 0.717) is 5.69 Å². The van der Waals surface area contributed by atoms with Crippen molar-refractivity contribution in [2.75, 3.05) is 0 Å². The van der Waals surface area contributed by atoms with E-state index < -0.39 is 0 Å². The van der Waals surface area contributed by atoms with Crippen molar-refractivity contribution < 1.29 is 4.79 Å². The number of amides is 1. The molecule has 0 saturated heterocycles. The summed E-state index contributed by atoms with van der Waals surface area (Å²) in [5.41, 5.74) is 4.19. The first kappa shape index (κ1) is 14.3. The van der Waals surface area contributed by atoms with E-state index >= 15 is 0 Å². The zero-order valence-electron chi connectivity index (χ0n) is 13.2. The van der Waals surface area contributed by atoms with Gasteiger partial charge in [0.25, 0.3) is 5.91 Å². The van der Waals surface area contributed by atoms with Crippen molar-refractivity contribution in [2.45, 2.75) is 26.8 Å². The fraction of sp³-hybridized carbons (Fsp3) is 0.312. The van der Waals surface area contributed by atoms with Crippen molar-refractivity contribution in [3.63, 3.8) is 0 Å². The van der Waals surface area contributed by atoms with E-state index in [1.54, 1.807) is 10.9 Å². The van der Waals surface area contributed by atoms with Gasteiger partial charge >= 0.3 is 0 Å². The molecule has 0 aliphatic carbocycles. The maximum atomic E-state index is 12.4. The first-order valence-corrected chi connectivity index (χ1v) is 7.21. The molecule has 22 heavy (non-hydrogen) atoms. The minimum Gasteiger partial charge on any atom is -0.344 e. The van der Waals surface area contributed by atoms with Gasteiger partial charge in [0.15, 0.2) is 0 Å². The summed E-state index contributed by atoms with van der Waals surface area (Å²) in [6.07, 6.45) is 5.56. The fourth-order valence-electron chi connectivity index (χ4n) is 2.65. The molecule has 0 unspecified atom stereocenters. The van der Waals surface area contributed by atoms with Crippen LogP contribution in [-0.4, -0.2) is 25.1 Å². The van der Waals surface area contributed by atoms with Gasteiger partial charge in [-0.2, -0.15) is 5.10 Å². The van der Waals surface area contributed by atoms with Gasteiger partial charge in [0, 0.05) is 31.2 Å². The van der Waals surface area contributed by atoms with Crippen molar-refractivity contribution in [3.05, 3.63) is 53.2 Å². The molecule has 0 aliphatic rings. The van der Waals surface area contributed by atoms with Crippen molar-refractivity contribution in [3.8, 4) is 0 Å². The smallest absolute Gasteiger partial charge is 0.271 e. The first-order valence-electron chi connectivity index (χ1n) is 7.21. The number of pyridine rings is 1. The highest BCUT2D eigenvalue weighted by Gasteiger charge is 2.17. The molecule has 1 atom stereocenters. The SMILES string of the molecule is Cc1nn(C)cc1[C@H](C)NC(=O)c1cn2cccc(C)c2n1. The highest BCUT2D eigenvalue weighted by molar-refractivity contribution is 5.93. The molecule has 3 aromatic heterocycles. The Labute approximate surface area is 128 Å². The van der Waals surface area contributed by atoms with Gasteiger partial charge < -0.3 is 9.72 Å². The molecule has 0 bridgehead atoms. The van der Waals surface area contributed by atoms with Crippen LogP contribution in [0.5, 0.6) is 0 Å². The maximum absolute atomic E-state index is 12.4. The quantitative estimate of drug-likeness (QED) is 0.806. The summed E-state index contributed by atoms with van der Waals surface area (Å²) in [4.78, 5) is 16.8. The average molecular weight is 297 g/mol. The molecule has 6 heteroatoms. The summed E-state index contributed by atoms with van der Waals surface area (Å²) in [7, 11) is 1.87. The second-order valence-electron chi connectivity index (χ2n) is 5.59. The second kappa shape index (κ2) is 5.29. The summed E-state index contributed by atoms with van der Waals surface area (Å²) in [6.45, 7) is 5.86. The van der Waals surface area contributed by atoms with E-state index in [9.17, 15) is 4.79 Å². The van der Waals surface area contributed by atoms with Crippen molar-refractivity contribution >= 4 is 11.6 Å². The lowest BCUT2D eigenvalue weighted by Gasteiger charge is -2.11. The summed E-state index contributed by atoms with van der Waals surface area (Å²) >= 11 is 0. The Morgan fingerprint density at radius 2 is 2.09 bits per heavy atom. The third-order valence-electron chi connectivity index (χ3n) is 3.78. The van der Waals surface area contributed by atoms with Crippen LogP contribution in [0.3, 0.4) is 0 Å². The number of rotatable bonds is 3. The van der Waals surface area contributed by atoms with Crippen LogP contribution in [0.25, 0.3) is 5.65 Å². The number of hydrogen-bond acceptors (Lipinski definition) is 3. The maximum Gasteiger partial charge on any atom is 0.271 e. The number of hydrogen-bond donors (Lipinski definition) is 1. The van der Waals surface area contributed by atoms with Gasteiger partial charge in [-0.1, -0.05) is 6.07 Å². The van der Waals surface area contributed by atoms with Crippen molar-refractivity contribution in [2.24, 2.45) is 7.05 Å². The van der Waals surface area contributed by atoms with E-state index in [1.807, 2.05) is 56.7 Å². The third kappa shape index (κ3) is 2.47. The Kier molecular flexibility index (Phi) is 3.44. The first-order chi connectivity index (χ1) is 10.5. The van der Waals surface area contributed by atoms with E-state index in [4.69, 9.17) is 0 Å². The van der Waals surface area contributed by atoms with Crippen LogP contribution in [0.1, 0.15) is 40.3 Å². The monoisotopic (exact) mass is 297 g/mol. The minimum absolute atomic E-state index is 0.118. The summed E-state index contributed by atoms with van der Waals surface area (Å²) < 4.78 is 3.62. The van der Waals surface area contributed by atoms with E-state index in [1.165, 1.54) is 0 Å². The second-order valence-corrected chi connectivity index (χ2v) is 5.59. The molecule has 6 nitrogen and oxygen atoms in total. The zero-order valence-corrected chi connectivity index (χ0v) is 13.2. The Hall–Kier alpha value is -2.63. The van der Waals surface area contributed by atoms with Gasteiger partial charge in [0.2, 0.25) is 0 Å². The van der Waals surface area contributed by atoms with Gasteiger partial charge in [-0.3, -0.25) is 9.48 Å². The van der Waals surface area contributed by atoms with Crippen LogP contribution >= 0.6 is 0 Å². The fourth-order valence-corrected chi connectivity index (χ4v) is 2.65. The van der Waals surface area contributed by atoms with Crippen LogP contribution in [-0.2, 0) is 7.05 Å². The molecular weight excluding hydrogens is 278 g/mol. The van der Waals surface area contributed by atoms with Crippen LogP contribution in [0.15, 0.2) is 30.7 Å². The number of fused-ring (bicyclic) bond motifs is 1. The predicted molar refractivity (Wildman–Crippen MR) is 83.8 cm³/mol. The molecule has 3 aromatic rings. The van der Waals surface area contributed by atoms with Gasteiger partial charge in [-0.25, -0.2) is 4.98 Å². The predicted octanol–water partition coefficient (Wildman–Crippen LogP) is 2.18. The molecule has 0 saturated carbocycles. The Morgan fingerprint density at radius 3 is 2.73 bits per heavy atom. The van der Waals surface area contributed by atoms with Crippen LogP contribution in [0, 0.1) is 13.8 Å². The summed E-state index contributed by atoms with van der Waals surface area (Å²) in [5.74, 6) is -0.182. The van der Waals surface area contributed by atoms with Crippen LogP contribution < -0.4 is 5.32 Å². The standard InChI is InChI=1S/C16H19N5O/c1-10-6-5-7-21-9-14(18-15(10)21)16(22)17-11(2)13-8-20(4)19-12(13)3/h5-9,11H,1-4H3,(H,17,22)/t11-/m0/s1. The normalized spacial score (nSPS) is 12.5. The van der Waals surface area contributed by atoms with Crippen molar-refractivity contribution in [1.29, 1.82) is 0 Å². The number of nitrogens with one attached hydrogen (secondary N) is 1. The lowest BCUT2D eigenvalue weighted by atomic mass is 10.1. The largest absolute Gasteiger partial charge is 0.344 e. The van der Waals surface area contributed by atoms with Crippen molar-refractivity contribution in [1.82, 2.24) is 24.5 Å². The average Bonchev–Trinajstić information content (AvgIpc) is 3.03. The molecule has 0 spiro atoms. The third-order valence-corrected chi connectivity index (χ3v) is 3.78. The molecule has 3 rings (SSSR count). The lowest BCUT2D eigenvalue weighted by molar-refractivity contribution is 0.0935. The van der Waals surface area contributed by atoms with Gasteiger partial charge in [0.05, 0.1) is 11.7 Å². The molecule has 0 radical (unpaired) electrons. The minimum atomic E-state index is -0.182. The number of imidazole rings is 1. The molecule has 0 aromatic carbocycles. The molecule has 114 valence electrons. The van der Waals surface area contributed by atoms with Gasteiger partial charge in [0.1, 0.15) is 11.3 Å². The van der Waals surface area contributed by atoms with Gasteiger partial charge in [-0.15, -0.1) is 0 Å². The van der Waals surface area contributed by atoms with Crippen LogP contribution in [0.4, 0.5) is 0 Å². The highest BCUT2D eigenvalue weighted by Crippen LogP contribution is 2.16. The number of aromatic nitrogens is 4.